The average molecular weight is 334 g/mol. The van der Waals surface area contributed by atoms with E-state index in [4.69, 9.17) is 26.1 Å². The van der Waals surface area contributed by atoms with Crippen molar-refractivity contribution in [2.75, 3.05) is 14.2 Å². The van der Waals surface area contributed by atoms with Crippen LogP contribution >= 0.6 is 12.2 Å². The Morgan fingerprint density at radius 3 is 2.65 bits per heavy atom. The summed E-state index contributed by atoms with van der Waals surface area (Å²) in [7, 11) is 2.84. The van der Waals surface area contributed by atoms with Crippen molar-refractivity contribution in [3.05, 3.63) is 53.5 Å². The highest BCUT2D eigenvalue weighted by Gasteiger charge is 2.13. The number of carbonyl (C=O) groups excluding carboxylic acids is 1. The van der Waals surface area contributed by atoms with Crippen molar-refractivity contribution in [1.82, 2.24) is 10.6 Å². The highest BCUT2D eigenvalue weighted by Crippen LogP contribution is 2.20. The van der Waals surface area contributed by atoms with Gasteiger partial charge in [-0.25, -0.2) is 4.79 Å². The molecule has 0 bridgehead atoms. The second-order valence-corrected chi connectivity index (χ2v) is 5.05. The zero-order chi connectivity index (χ0) is 16.7. The number of carbonyl (C=O) groups is 1. The predicted molar refractivity (Wildman–Crippen MR) is 89.3 cm³/mol. The molecule has 0 spiro atoms. The first-order valence-corrected chi connectivity index (χ1v) is 7.34. The van der Waals surface area contributed by atoms with E-state index >= 15 is 0 Å². The minimum Gasteiger partial charge on any atom is -0.496 e. The zero-order valence-electron chi connectivity index (χ0n) is 12.9. The van der Waals surface area contributed by atoms with Crippen LogP contribution in [0.2, 0.25) is 0 Å². The van der Waals surface area contributed by atoms with Gasteiger partial charge >= 0.3 is 5.97 Å². The van der Waals surface area contributed by atoms with Crippen LogP contribution in [0.15, 0.2) is 41.0 Å². The lowest BCUT2D eigenvalue weighted by Gasteiger charge is -2.12. The fourth-order valence-corrected chi connectivity index (χ4v) is 2.10. The molecule has 1 aromatic carbocycles. The van der Waals surface area contributed by atoms with Crippen LogP contribution in [0.5, 0.6) is 5.75 Å². The standard InChI is InChI=1S/C16H18N2O4S/c1-20-14-6-5-11(8-13(14)15(19)21-2)9-17-16(23)18-10-12-4-3-7-22-12/h3-8H,9-10H2,1-2H3,(H2,17,18,23). The fourth-order valence-electron chi connectivity index (χ4n) is 1.96. The van der Waals surface area contributed by atoms with Crippen LogP contribution in [0.4, 0.5) is 0 Å². The van der Waals surface area contributed by atoms with E-state index in [2.05, 4.69) is 10.6 Å². The normalized spacial score (nSPS) is 10.0. The number of benzene rings is 1. The van der Waals surface area contributed by atoms with Crippen LogP contribution in [-0.4, -0.2) is 25.3 Å². The maximum absolute atomic E-state index is 11.7. The molecular weight excluding hydrogens is 316 g/mol. The van der Waals surface area contributed by atoms with Gasteiger partial charge in [0.1, 0.15) is 17.1 Å². The number of rotatable bonds is 6. The van der Waals surface area contributed by atoms with Crippen LogP contribution < -0.4 is 15.4 Å². The molecular formula is C16H18N2O4S. The Bertz CT molecular complexity index is 671. The summed E-state index contributed by atoms with van der Waals surface area (Å²) >= 11 is 5.20. The van der Waals surface area contributed by atoms with Gasteiger partial charge in [-0.3, -0.25) is 0 Å². The second-order valence-electron chi connectivity index (χ2n) is 4.64. The Balaban J connectivity index is 1.92. The molecule has 0 aliphatic rings. The lowest BCUT2D eigenvalue weighted by atomic mass is 10.1. The summed E-state index contributed by atoms with van der Waals surface area (Å²) in [6.45, 7) is 0.979. The van der Waals surface area contributed by atoms with Crippen molar-refractivity contribution in [1.29, 1.82) is 0 Å². The molecule has 0 aliphatic heterocycles. The molecule has 2 aromatic rings. The van der Waals surface area contributed by atoms with Crippen LogP contribution in [0, 0.1) is 0 Å². The lowest BCUT2D eigenvalue weighted by Crippen LogP contribution is -2.34. The van der Waals surface area contributed by atoms with E-state index < -0.39 is 5.97 Å². The Morgan fingerprint density at radius 1 is 1.22 bits per heavy atom. The van der Waals surface area contributed by atoms with Crippen molar-refractivity contribution >= 4 is 23.3 Å². The van der Waals surface area contributed by atoms with Crippen LogP contribution in [-0.2, 0) is 17.8 Å². The van der Waals surface area contributed by atoms with E-state index in [1.165, 1.54) is 14.2 Å². The minimum atomic E-state index is -0.442. The lowest BCUT2D eigenvalue weighted by molar-refractivity contribution is 0.0597. The van der Waals surface area contributed by atoms with Gasteiger partial charge in [0.05, 0.1) is 27.0 Å². The SMILES string of the molecule is COC(=O)c1cc(CNC(=S)NCc2ccco2)ccc1OC. The third-order valence-corrected chi connectivity index (χ3v) is 3.41. The van der Waals surface area contributed by atoms with Crippen molar-refractivity contribution < 1.29 is 18.7 Å². The number of hydrogen-bond acceptors (Lipinski definition) is 5. The first-order chi connectivity index (χ1) is 11.1. The molecule has 0 fully saturated rings. The number of hydrogen-bond donors (Lipinski definition) is 2. The maximum atomic E-state index is 11.7. The number of methoxy groups -OCH3 is 2. The van der Waals surface area contributed by atoms with Gasteiger partial charge in [-0.15, -0.1) is 0 Å². The van der Waals surface area contributed by atoms with Crippen LogP contribution in [0.25, 0.3) is 0 Å². The zero-order valence-corrected chi connectivity index (χ0v) is 13.7. The molecule has 7 heteroatoms. The Kier molecular flexibility index (Phi) is 5.99. The summed E-state index contributed by atoms with van der Waals surface area (Å²) in [5, 5.41) is 6.60. The Labute approximate surface area is 139 Å². The monoisotopic (exact) mass is 334 g/mol. The van der Waals surface area contributed by atoms with E-state index in [0.29, 0.717) is 29.5 Å². The quantitative estimate of drug-likeness (QED) is 0.620. The van der Waals surface area contributed by atoms with Crippen molar-refractivity contribution in [3.63, 3.8) is 0 Å². The van der Waals surface area contributed by atoms with E-state index in [1.807, 2.05) is 18.2 Å². The number of nitrogens with one attached hydrogen (secondary N) is 2. The van der Waals surface area contributed by atoms with Crippen molar-refractivity contribution in [2.24, 2.45) is 0 Å². The smallest absolute Gasteiger partial charge is 0.341 e. The van der Waals surface area contributed by atoms with Gasteiger partial charge in [-0.05, 0) is 42.0 Å². The minimum absolute atomic E-state index is 0.378. The maximum Gasteiger partial charge on any atom is 0.341 e. The average Bonchev–Trinajstić information content (AvgIpc) is 3.10. The largest absolute Gasteiger partial charge is 0.496 e. The summed E-state index contributed by atoms with van der Waals surface area (Å²) in [4.78, 5) is 11.7. The summed E-state index contributed by atoms with van der Waals surface area (Å²) in [6.07, 6.45) is 1.61. The number of thiocarbonyl (C=S) groups is 1. The summed E-state index contributed by atoms with van der Waals surface area (Å²) in [5.41, 5.74) is 1.26. The van der Waals surface area contributed by atoms with Crippen molar-refractivity contribution in [3.8, 4) is 5.75 Å². The molecule has 0 saturated carbocycles. The van der Waals surface area contributed by atoms with Gasteiger partial charge in [0.25, 0.3) is 0 Å². The highest BCUT2D eigenvalue weighted by molar-refractivity contribution is 7.80. The first-order valence-electron chi connectivity index (χ1n) is 6.93. The molecule has 0 saturated heterocycles. The molecule has 6 nitrogen and oxygen atoms in total. The summed E-state index contributed by atoms with van der Waals surface area (Å²) in [6, 6.07) is 8.98. The summed E-state index contributed by atoms with van der Waals surface area (Å²) < 4.78 is 15.1. The third kappa shape index (κ3) is 4.72. The third-order valence-electron chi connectivity index (χ3n) is 3.13. The van der Waals surface area contributed by atoms with Crippen molar-refractivity contribution in [2.45, 2.75) is 13.1 Å². The van der Waals surface area contributed by atoms with Gasteiger partial charge in [0.15, 0.2) is 5.11 Å². The number of esters is 1. The van der Waals surface area contributed by atoms with Crippen LogP contribution in [0.3, 0.4) is 0 Å². The van der Waals surface area contributed by atoms with E-state index in [9.17, 15) is 4.79 Å². The molecule has 2 N–H and O–H groups in total. The second kappa shape index (κ2) is 8.19. The van der Waals surface area contributed by atoms with E-state index in [-0.39, 0.29) is 0 Å². The fraction of sp³-hybridized carbons (Fsp3) is 0.250. The Hall–Kier alpha value is -2.54. The molecule has 0 unspecified atom stereocenters. The molecule has 1 heterocycles. The van der Waals surface area contributed by atoms with Gasteiger partial charge < -0.3 is 24.5 Å². The molecule has 0 aliphatic carbocycles. The molecule has 2 rings (SSSR count). The highest BCUT2D eigenvalue weighted by atomic mass is 32.1. The number of ether oxygens (including phenoxy) is 2. The molecule has 1 aromatic heterocycles. The van der Waals surface area contributed by atoms with Crippen LogP contribution in [0.1, 0.15) is 21.7 Å². The molecule has 0 atom stereocenters. The topological polar surface area (TPSA) is 72.7 Å². The van der Waals surface area contributed by atoms with Gasteiger partial charge in [0.2, 0.25) is 0 Å². The number of furan rings is 1. The predicted octanol–water partition coefficient (Wildman–Crippen LogP) is 2.24. The van der Waals surface area contributed by atoms with Gasteiger partial charge in [0, 0.05) is 6.54 Å². The Morgan fingerprint density at radius 2 is 2.00 bits per heavy atom. The van der Waals surface area contributed by atoms with Gasteiger partial charge in [-0.1, -0.05) is 6.07 Å². The van der Waals surface area contributed by atoms with E-state index in [0.717, 1.165) is 11.3 Å². The molecule has 122 valence electrons. The van der Waals surface area contributed by atoms with E-state index in [1.54, 1.807) is 18.4 Å². The molecule has 0 radical (unpaired) electrons. The first kappa shape index (κ1) is 16.8. The molecule has 0 amide bonds. The van der Waals surface area contributed by atoms with Gasteiger partial charge in [-0.2, -0.15) is 0 Å². The summed E-state index contributed by atoms with van der Waals surface area (Å²) in [5.74, 6) is 0.827. The molecule has 23 heavy (non-hydrogen) atoms.